The normalized spacial score (nSPS) is 21.6. The number of aliphatic carboxylic acids is 1. The number of nitrogens with two attached hydrogens (primary N) is 1. The first-order valence-corrected chi connectivity index (χ1v) is 11.0. The van der Waals surface area contributed by atoms with Gasteiger partial charge in [-0.1, -0.05) is 11.8 Å². The third-order valence-corrected chi connectivity index (χ3v) is 6.95. The lowest BCUT2D eigenvalue weighted by atomic mass is 9.86. The second-order valence-electron chi connectivity index (χ2n) is 6.30. The van der Waals surface area contributed by atoms with Crippen LogP contribution in [0, 0.1) is 4.91 Å². The number of allylic oxidation sites excluding steroid dienone is 1. The maximum Gasteiger partial charge on any atom is 0.353 e. The summed E-state index contributed by atoms with van der Waals surface area (Å²) in [7, 11) is 0. The maximum absolute atomic E-state index is 12.7. The van der Waals surface area contributed by atoms with Crippen LogP contribution in [0.25, 0.3) is 0 Å². The quantitative estimate of drug-likeness (QED) is 0.392. The third kappa shape index (κ3) is 3.54. The number of carbonyl (C=O) groups excluding carboxylic acids is 2. The van der Waals surface area contributed by atoms with Crippen LogP contribution in [-0.4, -0.2) is 54.2 Å². The maximum atomic E-state index is 12.7. The molecule has 3 atom stereocenters. The fourth-order valence-corrected chi connectivity index (χ4v) is 5.47. The number of nitrogen functional groups attached to an aromatic ring is 1. The van der Waals surface area contributed by atoms with E-state index in [4.69, 9.17) is 5.73 Å². The number of nitroso groups, excluding NO2 is 1. The topological polar surface area (TPSA) is 181 Å². The Kier molecular flexibility index (Phi) is 5.48. The number of hydrogen-bond acceptors (Lipinski definition) is 12. The van der Waals surface area contributed by atoms with Gasteiger partial charge in [-0.2, -0.15) is 4.37 Å². The van der Waals surface area contributed by atoms with Gasteiger partial charge in [0.25, 0.3) is 11.8 Å². The van der Waals surface area contributed by atoms with Crippen molar-refractivity contribution in [1.29, 1.82) is 0 Å². The lowest BCUT2D eigenvalue weighted by molar-refractivity contribution is -0.156. The molecule has 12 nitrogen and oxygen atoms in total. The molecule has 1 fully saturated rings. The minimum absolute atomic E-state index is 0.0750. The average molecular weight is 468 g/mol. The largest absolute Gasteiger partial charge is 0.477 e. The Hall–Kier alpha value is -2.91. The summed E-state index contributed by atoms with van der Waals surface area (Å²) in [5, 5.41) is 17.4. The Morgan fingerprint density at radius 3 is 2.87 bits per heavy atom. The van der Waals surface area contributed by atoms with Crippen molar-refractivity contribution in [3.63, 3.8) is 0 Å². The van der Waals surface area contributed by atoms with Gasteiger partial charge in [0.2, 0.25) is 6.04 Å². The Balaban J connectivity index is 1.51. The number of fused-ring (bicyclic) bond motifs is 1. The van der Waals surface area contributed by atoms with Crippen molar-refractivity contribution in [2.24, 2.45) is 5.18 Å². The molecule has 4 rings (SSSR count). The molecule has 156 valence electrons. The molecule has 1 saturated heterocycles. The molecule has 2 aromatic rings. The average Bonchev–Trinajstić information content (AvgIpc) is 3.38. The van der Waals surface area contributed by atoms with Crippen molar-refractivity contribution in [2.45, 2.75) is 36.0 Å². The molecule has 0 spiro atoms. The van der Waals surface area contributed by atoms with Crippen molar-refractivity contribution in [3.05, 3.63) is 32.2 Å². The van der Waals surface area contributed by atoms with Gasteiger partial charge in [0.15, 0.2) is 11.0 Å². The number of amides is 2. The van der Waals surface area contributed by atoms with Crippen LogP contribution >= 0.6 is 34.6 Å². The number of carboxylic acids is 1. The Labute approximate surface area is 180 Å². The lowest BCUT2D eigenvalue weighted by Gasteiger charge is -2.50. The van der Waals surface area contributed by atoms with Crippen LogP contribution in [0.4, 0.5) is 5.13 Å². The highest BCUT2D eigenvalue weighted by molar-refractivity contribution is 8.03. The Morgan fingerprint density at radius 1 is 1.47 bits per heavy atom. The molecule has 4 heterocycles. The minimum Gasteiger partial charge on any atom is -0.477 e. The van der Waals surface area contributed by atoms with E-state index >= 15 is 0 Å². The Morgan fingerprint density at radius 2 is 2.27 bits per heavy atom. The number of nitrogens with one attached hydrogen (secondary N) is 1. The van der Waals surface area contributed by atoms with Gasteiger partial charge in [-0.05, 0) is 18.0 Å². The van der Waals surface area contributed by atoms with Crippen molar-refractivity contribution >= 4 is 57.5 Å². The molecule has 2 aliphatic heterocycles. The van der Waals surface area contributed by atoms with Crippen molar-refractivity contribution in [1.82, 2.24) is 24.6 Å². The number of rotatable bonds is 7. The molecule has 0 radical (unpaired) electrons. The molecule has 2 aromatic heterocycles. The number of nitrogens with zero attached hydrogens (tertiary/aromatic N) is 5. The number of aromatic nitrogens is 3. The summed E-state index contributed by atoms with van der Waals surface area (Å²) < 4.78 is 3.80. The molecule has 0 saturated carbocycles. The first-order chi connectivity index (χ1) is 14.4. The summed E-state index contributed by atoms with van der Waals surface area (Å²) in [6.07, 6.45) is 0.852. The zero-order valence-corrected chi connectivity index (χ0v) is 17.4. The number of anilines is 1. The van der Waals surface area contributed by atoms with Crippen LogP contribution in [0.1, 0.15) is 24.7 Å². The van der Waals surface area contributed by atoms with E-state index in [1.807, 2.05) is 0 Å². The van der Waals surface area contributed by atoms with E-state index in [0.29, 0.717) is 22.8 Å². The molecular weight excluding hydrogens is 454 g/mol. The highest BCUT2D eigenvalue weighted by atomic mass is 32.2. The number of thiazole rings is 1. The smallest absolute Gasteiger partial charge is 0.353 e. The molecule has 0 bridgehead atoms. The fraction of sp³-hybridized carbons (Fsp3) is 0.333. The van der Waals surface area contributed by atoms with Gasteiger partial charge in [0, 0.05) is 21.8 Å². The van der Waals surface area contributed by atoms with Crippen LogP contribution in [0.5, 0.6) is 0 Å². The van der Waals surface area contributed by atoms with E-state index < -0.39 is 35.9 Å². The van der Waals surface area contributed by atoms with Gasteiger partial charge < -0.3 is 16.2 Å². The van der Waals surface area contributed by atoms with Gasteiger partial charge >= 0.3 is 5.97 Å². The zero-order chi connectivity index (χ0) is 21.4. The van der Waals surface area contributed by atoms with Crippen LogP contribution in [0.15, 0.2) is 31.7 Å². The fourth-order valence-electron chi connectivity index (χ4n) is 3.31. The molecular formula is C15H13N7O5S3. The van der Waals surface area contributed by atoms with Crippen LogP contribution < -0.4 is 11.1 Å². The predicted octanol–water partition coefficient (Wildman–Crippen LogP) is 0.962. The summed E-state index contributed by atoms with van der Waals surface area (Å²) in [5.41, 5.74) is 6.99. The van der Waals surface area contributed by atoms with Gasteiger partial charge in [-0.3, -0.25) is 14.5 Å². The Bertz CT molecular complexity index is 1050. The van der Waals surface area contributed by atoms with Gasteiger partial charge in [-0.25, -0.2) is 14.8 Å². The van der Waals surface area contributed by atoms with E-state index in [1.165, 1.54) is 28.0 Å². The molecule has 2 aliphatic rings. The lowest BCUT2D eigenvalue weighted by Crippen LogP contribution is -2.71. The predicted molar refractivity (Wildman–Crippen MR) is 107 cm³/mol. The highest BCUT2D eigenvalue weighted by Crippen LogP contribution is 2.43. The van der Waals surface area contributed by atoms with E-state index in [0.717, 1.165) is 11.5 Å². The van der Waals surface area contributed by atoms with E-state index in [9.17, 15) is 24.4 Å². The first-order valence-electron chi connectivity index (χ1n) is 8.48. The molecule has 4 N–H and O–H groups in total. The number of carboxylic acid groups (broad SMARTS) is 1. The number of β-lactam (4-membered cyclic amide) rings is 1. The molecule has 30 heavy (non-hydrogen) atoms. The SMILES string of the molecule is Nc1nc(C(N=O)C(=O)NC2C(=O)N3C(C(=O)O)=C(Sc4cscn4)CCC23)ns1. The second kappa shape index (κ2) is 8.08. The third-order valence-electron chi connectivity index (χ3n) is 4.59. The summed E-state index contributed by atoms with van der Waals surface area (Å²) >= 11 is 3.40. The molecule has 0 aliphatic carbocycles. The van der Waals surface area contributed by atoms with Crippen molar-refractivity contribution in [2.75, 3.05) is 5.73 Å². The van der Waals surface area contributed by atoms with E-state index in [1.54, 1.807) is 10.9 Å². The summed E-state index contributed by atoms with van der Waals surface area (Å²) in [4.78, 5) is 57.7. The zero-order valence-electron chi connectivity index (χ0n) is 14.9. The number of thioether (sulfide) groups is 1. The second-order valence-corrected chi connectivity index (χ2v) is 8.92. The number of hydrogen-bond donors (Lipinski definition) is 3. The van der Waals surface area contributed by atoms with Crippen molar-refractivity contribution < 1.29 is 19.5 Å². The highest BCUT2D eigenvalue weighted by Gasteiger charge is 2.54. The van der Waals surface area contributed by atoms with Crippen LogP contribution in [-0.2, 0) is 14.4 Å². The minimum atomic E-state index is -1.55. The number of carbonyl (C=O) groups is 3. The van der Waals surface area contributed by atoms with Gasteiger partial charge in [-0.15, -0.1) is 16.2 Å². The monoisotopic (exact) mass is 467 g/mol. The summed E-state index contributed by atoms with van der Waals surface area (Å²) in [6, 6.07) is -3.04. The standard InChI is InChI=1S/C15H13N7O5S3/c16-15-19-11(21-30-15)9(20-27)12(23)18-8-5-1-2-6(29-7-3-28-4-17-7)10(14(25)26)22(5)13(8)24/h3-5,8-9H,1-2H2,(H,18,23)(H,25,26)(H2,16,19,21). The van der Waals surface area contributed by atoms with E-state index in [-0.39, 0.29) is 16.7 Å². The molecule has 0 aromatic carbocycles. The molecule has 3 unspecified atom stereocenters. The van der Waals surface area contributed by atoms with Crippen molar-refractivity contribution in [3.8, 4) is 0 Å². The van der Waals surface area contributed by atoms with Crippen LogP contribution in [0.2, 0.25) is 0 Å². The first kappa shape index (κ1) is 20.4. The van der Waals surface area contributed by atoms with Crippen LogP contribution in [0.3, 0.4) is 0 Å². The van der Waals surface area contributed by atoms with E-state index in [2.05, 4.69) is 24.8 Å². The van der Waals surface area contributed by atoms with Gasteiger partial charge in [0.05, 0.1) is 11.6 Å². The van der Waals surface area contributed by atoms with Gasteiger partial charge in [0.1, 0.15) is 16.8 Å². The summed E-state index contributed by atoms with van der Waals surface area (Å²) in [5.74, 6) is -2.79. The molecule has 15 heteroatoms. The molecule has 2 amide bonds. The summed E-state index contributed by atoms with van der Waals surface area (Å²) in [6.45, 7) is 0.